The third-order valence-corrected chi connectivity index (χ3v) is 31.6. The lowest BCUT2D eigenvalue weighted by Gasteiger charge is -2.34. The Morgan fingerprint density at radius 1 is 0.398 bits per heavy atom. The molecule has 4 aromatic heterocycles. The summed E-state index contributed by atoms with van der Waals surface area (Å²) in [6.45, 7) is 8.36. The third kappa shape index (κ3) is 22.0. The fourth-order valence-corrected chi connectivity index (χ4v) is 21.9. The van der Waals surface area contributed by atoms with Gasteiger partial charge in [0.25, 0.3) is 29.2 Å². The average molecular weight is 1780 g/mol. The van der Waals surface area contributed by atoms with Crippen LogP contribution in [0.2, 0.25) is 0 Å². The van der Waals surface area contributed by atoms with Crippen molar-refractivity contribution in [1.82, 2.24) is 51.9 Å². The maximum atomic E-state index is 13.2. The van der Waals surface area contributed by atoms with Crippen molar-refractivity contribution in [2.24, 2.45) is 0 Å². The van der Waals surface area contributed by atoms with Gasteiger partial charge in [0.2, 0.25) is 0 Å². The molecule has 8 N–H and O–H groups in total. The number of carbonyl (C=O) groups is 4. The minimum atomic E-state index is -4.11. The molecule has 13 rings (SSSR count). The number of fused-ring (bicyclic) bond motifs is 1. The van der Waals surface area contributed by atoms with E-state index in [0.29, 0.717) is 53.7 Å². The zero-order valence-electron chi connectivity index (χ0n) is 68.0. The number of aryl methyl sites for hydroxylation is 3. The average Bonchev–Trinajstić information content (AvgIpc) is 0.762. The van der Waals surface area contributed by atoms with Gasteiger partial charge in [-0.3, -0.25) is 59.8 Å². The van der Waals surface area contributed by atoms with Gasteiger partial charge in [0.05, 0.1) is 31.5 Å². The normalized spacial score (nSPS) is 16.0. The van der Waals surface area contributed by atoms with Crippen LogP contribution in [0, 0.1) is 0 Å². The second-order valence-corrected chi connectivity index (χ2v) is 38.2. The highest BCUT2D eigenvalue weighted by atomic mass is 32.2. The molecule has 0 spiro atoms. The number of benzene rings is 5. The first-order valence-corrected chi connectivity index (χ1v) is 45.7. The summed E-state index contributed by atoms with van der Waals surface area (Å²) in [6, 6.07) is 42.0. The minimum absolute atomic E-state index is 0.00714. The number of amides is 4. The summed E-state index contributed by atoms with van der Waals surface area (Å²) in [5.74, 6) is -1.92. The molecule has 0 aliphatic carbocycles. The number of unbranched alkanes of at least 4 members (excludes halogenated alkanes) is 1. The standard InChI is InChI=1S/C22H28N2O6S.C21H22N4O7S.C21H26N2O6S.C20H24N2O6S/c1-2-3-4-18-6-5-17(15-23-18)16-30-19-7-9-20(10-8-19)31(27,28)22(21(25)24-26)11-13-29-14-12-22;26-19-17-3-1-2-4-18(17)22-24-25(19)11-14-32-15-5-7-16(8-6-15)33(29,30)21(20(27)23-28)9-12-31-13-10-21;1-2-3-17-5-4-16(14-22-17)15-29-18-6-8-19(9-7-18)30(26,27)21(20(24)23-25)10-12-28-13-11-21;1-2-16-4-3-15(13-21-16)14-28-17-5-7-18(8-6-17)29(25,26)20(19(23)22-24)9-11-27-12-10-20/h5-10,15,26H,2-4,11-14,16H2,1H3,(H,24,25);1-8,28H,9-14H2,(H,23,27);4-9,14,25H,2-3,10-13,15H2,1H3,(H,23,24);3-8,13,24H,2,9-12,14H2,1H3,(H,22,23). The number of nitrogens with one attached hydrogen (secondary N) is 4. The molecule has 4 saturated heterocycles. The van der Waals surface area contributed by atoms with Crippen LogP contribution in [-0.2, 0) is 123 Å². The van der Waals surface area contributed by atoms with Gasteiger partial charge in [-0.25, -0.2) is 60.3 Å². The number of carbonyl (C=O) groups excluding carboxylic acids is 4. The fourth-order valence-electron chi connectivity index (χ4n) is 14.1. The first-order valence-electron chi connectivity index (χ1n) is 39.8. The number of pyridine rings is 3. The monoisotopic (exact) mass is 1780 g/mol. The zero-order valence-corrected chi connectivity index (χ0v) is 71.3. The maximum Gasteiger partial charge on any atom is 0.277 e. The van der Waals surface area contributed by atoms with Crippen LogP contribution in [-0.4, -0.2) is 187 Å². The Labute approximate surface area is 711 Å². The second-order valence-electron chi connectivity index (χ2n) is 29.1. The largest absolute Gasteiger partial charge is 0.492 e. The van der Waals surface area contributed by atoms with Crippen LogP contribution in [0.25, 0.3) is 10.9 Å². The van der Waals surface area contributed by atoms with Crippen LogP contribution in [0.5, 0.6) is 23.0 Å². The lowest BCUT2D eigenvalue weighted by Crippen LogP contribution is -2.54. The number of sulfone groups is 4. The fraction of sp³-hybridized carbons (Fsp3) is 0.405. The first-order chi connectivity index (χ1) is 59.2. The van der Waals surface area contributed by atoms with Gasteiger partial charge in [0, 0.05) is 105 Å². The molecule has 39 heteroatoms. The molecule has 4 aliphatic heterocycles. The minimum Gasteiger partial charge on any atom is -0.492 e. The van der Waals surface area contributed by atoms with E-state index < -0.39 is 82.0 Å². The SMILES string of the molecule is CCCCc1ccc(COc2ccc(S(=O)(=O)C3(C(=O)NO)CCOCC3)cc2)cn1.CCCc1ccc(COc2ccc(S(=O)(=O)C3(C(=O)NO)CCOCC3)cc2)cn1.CCc1ccc(COc2ccc(S(=O)(=O)C3(C(=O)NO)CCOCC3)cc2)cn1.O=C(NO)C1(S(=O)(=O)c2ccc(OCCn3nnc4ccccc4c3=O)cc2)CCOCC1. The highest BCUT2D eigenvalue weighted by Gasteiger charge is 2.56. The van der Waals surface area contributed by atoms with E-state index in [0.717, 1.165) is 72.3 Å². The number of nitrogens with zero attached hydrogens (tertiary/aromatic N) is 6. The van der Waals surface area contributed by atoms with Crippen molar-refractivity contribution in [2.75, 3.05) is 59.5 Å². The molecule has 0 atom stereocenters. The lowest BCUT2D eigenvalue weighted by atomic mass is 9.98. The van der Waals surface area contributed by atoms with E-state index in [4.69, 9.17) is 58.7 Å². The molecule has 4 amide bonds. The number of aromatic nitrogens is 6. The van der Waals surface area contributed by atoms with Crippen molar-refractivity contribution in [3.05, 3.63) is 220 Å². The molecule has 0 saturated carbocycles. The highest BCUT2D eigenvalue weighted by molar-refractivity contribution is 7.94. The molecule has 35 nitrogen and oxygen atoms in total. The Bertz CT molecular complexity index is 5550. The number of rotatable bonds is 31. The number of ether oxygens (including phenoxy) is 8. The molecule has 660 valence electrons. The summed E-state index contributed by atoms with van der Waals surface area (Å²) >= 11 is 0. The molecule has 0 radical (unpaired) electrons. The molecule has 5 aromatic carbocycles. The quantitative estimate of drug-likeness (QED) is 0.0150. The van der Waals surface area contributed by atoms with Gasteiger partial charge in [0.1, 0.15) is 54.9 Å². The van der Waals surface area contributed by atoms with Crippen LogP contribution < -0.4 is 46.4 Å². The van der Waals surface area contributed by atoms with Crippen LogP contribution in [0.3, 0.4) is 0 Å². The second kappa shape index (κ2) is 43.5. The van der Waals surface area contributed by atoms with E-state index >= 15 is 0 Å². The van der Waals surface area contributed by atoms with Crippen LogP contribution >= 0.6 is 0 Å². The van der Waals surface area contributed by atoms with E-state index in [2.05, 4.69) is 39.1 Å². The summed E-state index contributed by atoms with van der Waals surface area (Å²) in [5.41, 5.74) is 12.0. The lowest BCUT2D eigenvalue weighted by molar-refractivity contribution is -0.135. The maximum absolute atomic E-state index is 13.2. The summed E-state index contributed by atoms with van der Waals surface area (Å²) in [7, 11) is -16.3. The Morgan fingerprint density at radius 3 is 1.00 bits per heavy atom. The summed E-state index contributed by atoms with van der Waals surface area (Å²) in [4.78, 5) is 74.6. The van der Waals surface area contributed by atoms with E-state index in [9.17, 15) is 57.6 Å². The van der Waals surface area contributed by atoms with Crippen molar-refractivity contribution >= 4 is 73.9 Å². The summed E-state index contributed by atoms with van der Waals surface area (Å²) < 4.78 is 143. The predicted octanol–water partition coefficient (Wildman–Crippen LogP) is 8.02. The van der Waals surface area contributed by atoms with Gasteiger partial charge >= 0.3 is 0 Å². The van der Waals surface area contributed by atoms with Gasteiger partial charge in [-0.2, -0.15) is 0 Å². The van der Waals surface area contributed by atoms with Gasteiger partial charge in [0.15, 0.2) is 58.3 Å². The van der Waals surface area contributed by atoms with E-state index in [1.54, 1.807) is 79.3 Å². The van der Waals surface area contributed by atoms with Crippen LogP contribution in [0.15, 0.2) is 201 Å². The molecule has 4 fully saturated rings. The summed E-state index contributed by atoms with van der Waals surface area (Å²) in [6.07, 6.45) is 11.0. The van der Waals surface area contributed by atoms with Crippen molar-refractivity contribution in [3.8, 4) is 23.0 Å². The van der Waals surface area contributed by atoms with Gasteiger partial charge < -0.3 is 37.9 Å². The first kappa shape index (κ1) is 94.4. The van der Waals surface area contributed by atoms with Crippen molar-refractivity contribution in [2.45, 2.75) is 176 Å². The topological polar surface area (TPSA) is 494 Å². The van der Waals surface area contributed by atoms with Crippen molar-refractivity contribution < 1.29 is 112 Å². The Hall–Kier alpha value is -10.8. The van der Waals surface area contributed by atoms with E-state index in [-0.39, 0.29) is 143 Å². The molecule has 123 heavy (non-hydrogen) atoms. The van der Waals surface area contributed by atoms with Crippen LogP contribution in [0.4, 0.5) is 0 Å². The predicted molar refractivity (Wildman–Crippen MR) is 442 cm³/mol. The van der Waals surface area contributed by atoms with Crippen molar-refractivity contribution in [1.29, 1.82) is 0 Å². The third-order valence-electron chi connectivity index (χ3n) is 21.6. The Morgan fingerprint density at radius 2 is 0.707 bits per heavy atom. The molecular formula is C84H100N10O25S4. The Kier molecular flexibility index (Phi) is 33.4. The highest BCUT2D eigenvalue weighted by Crippen LogP contribution is 2.41. The van der Waals surface area contributed by atoms with Gasteiger partial charge in [-0.15, -0.1) is 5.10 Å². The molecule has 0 unspecified atom stereocenters. The van der Waals surface area contributed by atoms with Crippen LogP contribution in [0.1, 0.15) is 125 Å². The zero-order chi connectivity index (χ0) is 88.3. The molecule has 9 aromatic rings. The van der Waals surface area contributed by atoms with Crippen molar-refractivity contribution in [3.63, 3.8) is 0 Å². The smallest absolute Gasteiger partial charge is 0.277 e. The Balaban J connectivity index is 0.000000172. The molecular weight excluding hydrogens is 1680 g/mol. The number of hydrogen-bond donors (Lipinski definition) is 8. The number of hydrogen-bond acceptors (Lipinski definition) is 30. The summed E-state index contributed by atoms with van der Waals surface area (Å²) in [5, 5.41) is 44.8. The van der Waals surface area contributed by atoms with E-state index in [1.807, 2.05) is 43.3 Å². The molecule has 0 bridgehead atoms. The molecule has 8 heterocycles. The van der Waals surface area contributed by atoms with E-state index in [1.165, 1.54) is 87.3 Å². The number of hydroxylamine groups is 4. The van der Waals surface area contributed by atoms with Gasteiger partial charge in [-0.1, -0.05) is 69.2 Å². The van der Waals surface area contributed by atoms with Gasteiger partial charge in [-0.05, 0) is 204 Å². The molecule has 4 aliphatic rings.